The van der Waals surface area contributed by atoms with E-state index in [-0.39, 0.29) is 24.1 Å². The lowest BCUT2D eigenvalue weighted by Gasteiger charge is -2.13. The van der Waals surface area contributed by atoms with Gasteiger partial charge in [0.1, 0.15) is 6.04 Å². The van der Waals surface area contributed by atoms with Crippen LogP contribution < -0.4 is 11.1 Å². The molecule has 1 unspecified atom stereocenters. The van der Waals surface area contributed by atoms with Gasteiger partial charge in [-0.25, -0.2) is 9.97 Å². The van der Waals surface area contributed by atoms with Crippen molar-refractivity contribution in [2.45, 2.75) is 12.5 Å². The molecule has 0 aliphatic carbocycles. The highest BCUT2D eigenvalue weighted by Gasteiger charge is 2.36. The second-order valence-corrected chi connectivity index (χ2v) is 4.64. The largest absolute Gasteiger partial charge is 0.381 e. The highest BCUT2D eigenvalue weighted by atomic mass is 16.2. The Morgan fingerprint density at radius 3 is 2.50 bits per heavy atom. The van der Waals surface area contributed by atoms with Crippen molar-refractivity contribution in [1.82, 2.24) is 14.9 Å². The number of aromatic nitrogens is 2. The van der Waals surface area contributed by atoms with E-state index in [4.69, 9.17) is 5.73 Å². The van der Waals surface area contributed by atoms with E-state index in [2.05, 4.69) is 15.3 Å². The molecule has 20 heavy (non-hydrogen) atoms. The predicted octanol–water partition coefficient (Wildman–Crippen LogP) is 0.381. The van der Waals surface area contributed by atoms with Gasteiger partial charge in [-0.15, -0.1) is 0 Å². The zero-order chi connectivity index (χ0) is 14.3. The van der Waals surface area contributed by atoms with E-state index >= 15 is 0 Å². The predicted molar refractivity (Wildman–Crippen MR) is 73.8 cm³/mol. The molecule has 1 atom stereocenters. The summed E-state index contributed by atoms with van der Waals surface area (Å²) in [7, 11) is 1.46. The van der Waals surface area contributed by atoms with Gasteiger partial charge >= 0.3 is 0 Å². The summed E-state index contributed by atoms with van der Waals surface area (Å²) >= 11 is 0. The van der Waals surface area contributed by atoms with E-state index in [1.54, 1.807) is 12.1 Å². The lowest BCUT2D eigenvalue weighted by atomic mass is 10.2. The van der Waals surface area contributed by atoms with Crippen LogP contribution in [-0.2, 0) is 9.59 Å². The Hall–Kier alpha value is -2.70. The smallest absolute Gasteiger partial charge is 0.251 e. The van der Waals surface area contributed by atoms with Crippen LogP contribution in [0.4, 0.5) is 11.6 Å². The SMILES string of the molecule is CN1C(=O)CC(Nc2nc3ccccc3nc2N)C1=O. The first kappa shape index (κ1) is 12.3. The Balaban J connectivity index is 1.93. The van der Waals surface area contributed by atoms with Gasteiger partial charge in [-0.05, 0) is 12.1 Å². The van der Waals surface area contributed by atoms with Gasteiger partial charge in [0.05, 0.1) is 17.5 Å². The third-order valence-corrected chi connectivity index (χ3v) is 3.29. The van der Waals surface area contributed by atoms with Crippen LogP contribution in [0.1, 0.15) is 6.42 Å². The zero-order valence-electron chi connectivity index (χ0n) is 10.8. The zero-order valence-corrected chi connectivity index (χ0v) is 10.8. The number of imide groups is 1. The molecule has 0 radical (unpaired) electrons. The fourth-order valence-electron chi connectivity index (χ4n) is 2.15. The average Bonchev–Trinajstić information content (AvgIpc) is 2.67. The van der Waals surface area contributed by atoms with E-state index in [1.165, 1.54) is 7.05 Å². The molecule has 1 saturated heterocycles. The van der Waals surface area contributed by atoms with Crippen molar-refractivity contribution in [3.8, 4) is 0 Å². The molecule has 0 bridgehead atoms. The lowest BCUT2D eigenvalue weighted by Crippen LogP contribution is -2.32. The molecule has 0 spiro atoms. The summed E-state index contributed by atoms with van der Waals surface area (Å²) in [6.07, 6.45) is 0.100. The normalized spacial score (nSPS) is 18.9. The fourth-order valence-corrected chi connectivity index (χ4v) is 2.15. The van der Waals surface area contributed by atoms with Crippen molar-refractivity contribution in [2.75, 3.05) is 18.1 Å². The number of carbonyl (C=O) groups excluding carboxylic acids is 2. The Kier molecular flexibility index (Phi) is 2.74. The van der Waals surface area contributed by atoms with Crippen LogP contribution in [-0.4, -0.2) is 39.8 Å². The van der Waals surface area contributed by atoms with Crippen molar-refractivity contribution in [1.29, 1.82) is 0 Å². The molecule has 1 aliphatic heterocycles. The van der Waals surface area contributed by atoms with Crippen LogP contribution >= 0.6 is 0 Å². The van der Waals surface area contributed by atoms with Gasteiger partial charge < -0.3 is 11.1 Å². The minimum atomic E-state index is -0.634. The highest BCUT2D eigenvalue weighted by Crippen LogP contribution is 2.22. The molecule has 1 aromatic heterocycles. The number of likely N-dealkylation sites (tertiary alicyclic amines) is 1. The maximum absolute atomic E-state index is 11.8. The minimum absolute atomic E-state index is 0.100. The van der Waals surface area contributed by atoms with Crippen molar-refractivity contribution in [3.05, 3.63) is 24.3 Å². The molecule has 7 heteroatoms. The molecule has 2 heterocycles. The van der Waals surface area contributed by atoms with Gasteiger partial charge in [-0.2, -0.15) is 0 Å². The van der Waals surface area contributed by atoms with Crippen LogP contribution in [0.2, 0.25) is 0 Å². The minimum Gasteiger partial charge on any atom is -0.381 e. The van der Waals surface area contributed by atoms with Crippen LogP contribution in [0.25, 0.3) is 11.0 Å². The van der Waals surface area contributed by atoms with Crippen molar-refractivity contribution >= 4 is 34.5 Å². The molecule has 1 aromatic carbocycles. The molecule has 1 fully saturated rings. The Labute approximate surface area is 114 Å². The van der Waals surface area contributed by atoms with E-state index in [1.807, 2.05) is 12.1 Å². The number of hydrogen-bond acceptors (Lipinski definition) is 6. The Morgan fingerprint density at radius 2 is 1.90 bits per heavy atom. The van der Waals surface area contributed by atoms with E-state index < -0.39 is 6.04 Å². The Bertz CT molecular complexity index is 715. The van der Waals surface area contributed by atoms with Gasteiger partial charge in [-0.3, -0.25) is 14.5 Å². The topological polar surface area (TPSA) is 101 Å². The Morgan fingerprint density at radius 1 is 1.25 bits per heavy atom. The number of nitrogens with zero attached hydrogens (tertiary/aromatic N) is 3. The maximum Gasteiger partial charge on any atom is 0.251 e. The third kappa shape index (κ3) is 1.93. The first-order chi connectivity index (χ1) is 9.56. The van der Waals surface area contributed by atoms with Gasteiger partial charge in [0, 0.05) is 7.05 Å². The average molecular weight is 271 g/mol. The number of rotatable bonds is 2. The maximum atomic E-state index is 11.8. The molecule has 2 amide bonds. The summed E-state index contributed by atoms with van der Waals surface area (Å²) < 4.78 is 0. The highest BCUT2D eigenvalue weighted by molar-refractivity contribution is 6.06. The van der Waals surface area contributed by atoms with Crippen LogP contribution in [0.3, 0.4) is 0 Å². The number of nitrogen functional groups attached to an aromatic ring is 1. The first-order valence-corrected chi connectivity index (χ1v) is 6.15. The molecule has 7 nitrogen and oxygen atoms in total. The van der Waals surface area contributed by atoms with Crippen LogP contribution in [0, 0.1) is 0 Å². The van der Waals surface area contributed by atoms with Crippen molar-refractivity contribution in [3.63, 3.8) is 0 Å². The number of hydrogen-bond donors (Lipinski definition) is 2. The fraction of sp³-hybridized carbons (Fsp3) is 0.231. The number of nitrogens with one attached hydrogen (secondary N) is 1. The first-order valence-electron chi connectivity index (χ1n) is 6.15. The summed E-state index contributed by atoms with van der Waals surface area (Å²) in [4.78, 5) is 33.0. The van der Waals surface area contributed by atoms with Gasteiger partial charge in [0.25, 0.3) is 5.91 Å². The van der Waals surface area contributed by atoms with Crippen LogP contribution in [0.5, 0.6) is 0 Å². The van der Waals surface area contributed by atoms with Crippen molar-refractivity contribution in [2.24, 2.45) is 0 Å². The van der Waals surface area contributed by atoms with E-state index in [9.17, 15) is 9.59 Å². The second-order valence-electron chi connectivity index (χ2n) is 4.64. The molecule has 2 aromatic rings. The monoisotopic (exact) mass is 271 g/mol. The van der Waals surface area contributed by atoms with Crippen molar-refractivity contribution < 1.29 is 9.59 Å². The number of fused-ring (bicyclic) bond motifs is 1. The molecule has 3 rings (SSSR count). The number of carbonyl (C=O) groups is 2. The molecule has 102 valence electrons. The second kappa shape index (κ2) is 4.44. The number of benzene rings is 1. The van der Waals surface area contributed by atoms with Crippen LogP contribution in [0.15, 0.2) is 24.3 Å². The summed E-state index contributed by atoms with van der Waals surface area (Å²) in [5.41, 5.74) is 7.19. The van der Waals surface area contributed by atoms with E-state index in [0.717, 1.165) is 4.90 Å². The number of para-hydroxylation sites is 2. The summed E-state index contributed by atoms with van der Waals surface area (Å²) in [5, 5.41) is 2.90. The summed E-state index contributed by atoms with van der Waals surface area (Å²) in [6.45, 7) is 0. The number of anilines is 2. The number of likely N-dealkylation sites (N-methyl/N-ethyl adjacent to an activating group) is 1. The standard InChI is InChI=1S/C13H13N5O2/c1-18-10(19)6-9(13(18)20)17-12-11(14)15-7-4-2-3-5-8(7)16-12/h2-5,9H,6H2,1H3,(H2,14,15)(H,16,17). The third-order valence-electron chi connectivity index (χ3n) is 3.29. The van der Waals surface area contributed by atoms with Gasteiger partial charge in [0.15, 0.2) is 11.6 Å². The number of amides is 2. The van der Waals surface area contributed by atoms with Gasteiger partial charge in [0.2, 0.25) is 5.91 Å². The quantitative estimate of drug-likeness (QED) is 0.766. The molecular weight excluding hydrogens is 258 g/mol. The number of nitrogens with two attached hydrogens (primary N) is 1. The summed E-state index contributed by atoms with van der Waals surface area (Å²) in [5.74, 6) is 0.0211. The molecule has 1 aliphatic rings. The molecule has 0 saturated carbocycles. The van der Waals surface area contributed by atoms with E-state index in [0.29, 0.717) is 16.9 Å². The molecular formula is C13H13N5O2. The summed E-state index contributed by atoms with van der Waals surface area (Å²) in [6, 6.07) is 6.67. The van der Waals surface area contributed by atoms with Gasteiger partial charge in [-0.1, -0.05) is 12.1 Å². The molecule has 3 N–H and O–H groups in total. The lowest BCUT2D eigenvalue weighted by molar-refractivity contribution is -0.136.